The van der Waals surface area contributed by atoms with Crippen LogP contribution in [0.15, 0.2) is 24.3 Å². The summed E-state index contributed by atoms with van der Waals surface area (Å²) in [6, 6.07) is 6.35. The molecule has 1 aromatic heterocycles. The van der Waals surface area contributed by atoms with E-state index in [9.17, 15) is 9.18 Å². The summed E-state index contributed by atoms with van der Waals surface area (Å²) < 4.78 is 18.5. The largest absolute Gasteiger partial charge is 0.486 e. The van der Waals surface area contributed by atoms with Gasteiger partial charge in [0, 0.05) is 19.1 Å². The van der Waals surface area contributed by atoms with E-state index in [0.717, 1.165) is 36.6 Å². The Morgan fingerprint density at radius 2 is 1.93 bits per heavy atom. The molecule has 2 heterocycles. The van der Waals surface area contributed by atoms with Crippen molar-refractivity contribution >= 4 is 42.1 Å². The fourth-order valence-corrected chi connectivity index (χ4v) is 3.85. The van der Waals surface area contributed by atoms with E-state index in [1.54, 1.807) is 12.1 Å². The molecular weight excluding hydrogens is 412 g/mol. The lowest BCUT2D eigenvalue weighted by Gasteiger charge is -2.31. The van der Waals surface area contributed by atoms with Gasteiger partial charge in [0.05, 0.1) is 5.69 Å². The molecule has 0 spiro atoms. The Morgan fingerprint density at radius 3 is 2.52 bits per heavy atom. The van der Waals surface area contributed by atoms with Crippen molar-refractivity contribution in [2.24, 2.45) is 0 Å². The topological polar surface area (TPSA) is 54.5 Å². The van der Waals surface area contributed by atoms with Crippen LogP contribution < -0.4 is 10.1 Å². The van der Waals surface area contributed by atoms with Crippen LogP contribution in [0.4, 0.5) is 4.39 Å². The van der Waals surface area contributed by atoms with Crippen molar-refractivity contribution in [2.45, 2.75) is 32.4 Å². The molecule has 3 rings (SSSR count). The third-order valence-corrected chi connectivity index (χ3v) is 5.52. The monoisotopic (exact) mass is 435 g/mol. The number of halogens is 3. The van der Waals surface area contributed by atoms with E-state index in [4.69, 9.17) is 4.74 Å². The Balaban J connectivity index is 0.00000182. The average molecular weight is 436 g/mol. The molecule has 27 heavy (non-hydrogen) atoms. The number of rotatable bonds is 5. The Kier molecular flexibility index (Phi) is 9.45. The maximum atomic E-state index is 12.9. The fraction of sp³-hybridized carbons (Fsp3) is 0.444. The van der Waals surface area contributed by atoms with Crippen LogP contribution in [0.1, 0.15) is 33.2 Å². The van der Waals surface area contributed by atoms with E-state index in [0.29, 0.717) is 16.7 Å². The van der Waals surface area contributed by atoms with E-state index in [-0.39, 0.29) is 43.1 Å². The van der Waals surface area contributed by atoms with Crippen LogP contribution in [0.25, 0.3) is 0 Å². The van der Waals surface area contributed by atoms with Gasteiger partial charge in [-0.1, -0.05) is 0 Å². The summed E-state index contributed by atoms with van der Waals surface area (Å²) in [6.45, 7) is 3.66. The number of benzene rings is 1. The van der Waals surface area contributed by atoms with Gasteiger partial charge in [-0.15, -0.1) is 36.2 Å². The minimum absolute atomic E-state index is 0. The first-order valence-electron chi connectivity index (χ1n) is 8.38. The zero-order valence-corrected chi connectivity index (χ0v) is 17.7. The molecule has 0 aliphatic carbocycles. The quantitative estimate of drug-likeness (QED) is 0.774. The standard InChI is InChI=1S/C18H22FN3O2S.2ClH/c1-12-17(18(23)22-9-7-14(20-2)8-10-22)25-16(21-12)11-24-15-5-3-13(19)4-6-15;;/h3-6,14,20H,7-11H2,1-2H3;2*1H. The molecule has 1 amide bonds. The van der Waals surface area contributed by atoms with E-state index >= 15 is 0 Å². The lowest BCUT2D eigenvalue weighted by Crippen LogP contribution is -2.43. The highest BCUT2D eigenvalue weighted by Crippen LogP contribution is 2.23. The highest BCUT2D eigenvalue weighted by atomic mass is 35.5. The number of hydrogen-bond acceptors (Lipinski definition) is 5. The fourth-order valence-electron chi connectivity index (χ4n) is 2.90. The number of nitrogens with one attached hydrogen (secondary N) is 1. The number of likely N-dealkylation sites (tertiary alicyclic amines) is 1. The molecule has 9 heteroatoms. The lowest BCUT2D eigenvalue weighted by atomic mass is 10.1. The van der Waals surface area contributed by atoms with Crippen molar-refractivity contribution in [3.63, 3.8) is 0 Å². The van der Waals surface area contributed by atoms with Crippen LogP contribution >= 0.6 is 36.2 Å². The van der Waals surface area contributed by atoms with Crippen molar-refractivity contribution in [1.29, 1.82) is 0 Å². The Labute approximate surface area is 175 Å². The summed E-state index contributed by atoms with van der Waals surface area (Å²) in [5.74, 6) is 0.334. The van der Waals surface area contributed by atoms with Gasteiger partial charge in [0.15, 0.2) is 0 Å². The van der Waals surface area contributed by atoms with Crippen molar-refractivity contribution in [2.75, 3.05) is 20.1 Å². The number of hydrogen-bond donors (Lipinski definition) is 1. The zero-order chi connectivity index (χ0) is 17.8. The predicted octanol–water partition coefficient (Wildman–Crippen LogP) is 3.84. The second kappa shape index (κ2) is 10.8. The van der Waals surface area contributed by atoms with Gasteiger partial charge in [0.25, 0.3) is 5.91 Å². The van der Waals surface area contributed by atoms with Crippen molar-refractivity contribution in [3.05, 3.63) is 45.7 Å². The predicted molar refractivity (Wildman–Crippen MR) is 110 cm³/mol. The molecule has 1 aliphatic rings. The number of piperidine rings is 1. The molecule has 1 N–H and O–H groups in total. The van der Waals surface area contributed by atoms with Crippen LogP contribution in [0.2, 0.25) is 0 Å². The van der Waals surface area contributed by atoms with Crippen LogP contribution in [-0.2, 0) is 6.61 Å². The number of aryl methyl sites for hydroxylation is 1. The maximum Gasteiger partial charge on any atom is 0.265 e. The molecule has 1 saturated heterocycles. The summed E-state index contributed by atoms with van der Waals surface area (Å²) in [6.07, 6.45) is 1.95. The first-order chi connectivity index (χ1) is 12.1. The van der Waals surface area contributed by atoms with Gasteiger partial charge in [0.1, 0.15) is 28.1 Å². The third-order valence-electron chi connectivity index (χ3n) is 4.40. The molecule has 0 saturated carbocycles. The molecule has 0 unspecified atom stereocenters. The minimum atomic E-state index is -0.299. The molecule has 0 radical (unpaired) electrons. The van der Waals surface area contributed by atoms with Crippen LogP contribution in [-0.4, -0.2) is 42.0 Å². The van der Waals surface area contributed by atoms with Gasteiger partial charge in [-0.2, -0.15) is 0 Å². The third kappa shape index (κ3) is 6.04. The van der Waals surface area contributed by atoms with Gasteiger partial charge in [0.2, 0.25) is 0 Å². The smallest absolute Gasteiger partial charge is 0.265 e. The minimum Gasteiger partial charge on any atom is -0.486 e. The van der Waals surface area contributed by atoms with E-state index in [2.05, 4.69) is 10.3 Å². The van der Waals surface area contributed by atoms with E-state index in [1.165, 1.54) is 23.5 Å². The van der Waals surface area contributed by atoms with Gasteiger partial charge in [-0.05, 0) is 51.1 Å². The van der Waals surface area contributed by atoms with Crippen LogP contribution in [0.3, 0.4) is 0 Å². The second-order valence-corrected chi connectivity index (χ2v) is 7.20. The molecule has 1 aliphatic heterocycles. The molecule has 2 aromatic rings. The van der Waals surface area contributed by atoms with Crippen molar-refractivity contribution in [3.8, 4) is 5.75 Å². The van der Waals surface area contributed by atoms with Gasteiger partial charge >= 0.3 is 0 Å². The number of carbonyl (C=O) groups excluding carboxylic acids is 1. The van der Waals surface area contributed by atoms with Crippen LogP contribution in [0, 0.1) is 12.7 Å². The SMILES string of the molecule is CNC1CCN(C(=O)c2sc(COc3ccc(F)cc3)nc2C)CC1.Cl.Cl. The first kappa shape index (κ1) is 23.6. The van der Waals surface area contributed by atoms with Gasteiger partial charge in [-0.3, -0.25) is 4.79 Å². The molecular formula is C18H24Cl2FN3O2S. The van der Waals surface area contributed by atoms with Crippen molar-refractivity contribution < 1.29 is 13.9 Å². The van der Waals surface area contributed by atoms with E-state index in [1.807, 2.05) is 18.9 Å². The number of nitrogens with zero attached hydrogens (tertiary/aromatic N) is 2. The highest BCUT2D eigenvalue weighted by Gasteiger charge is 2.25. The molecule has 150 valence electrons. The Bertz CT molecular complexity index is 735. The maximum absolute atomic E-state index is 12.9. The van der Waals surface area contributed by atoms with Gasteiger partial charge in [-0.25, -0.2) is 9.37 Å². The van der Waals surface area contributed by atoms with Crippen molar-refractivity contribution in [1.82, 2.24) is 15.2 Å². The zero-order valence-electron chi connectivity index (χ0n) is 15.2. The molecule has 5 nitrogen and oxygen atoms in total. The number of amides is 1. The van der Waals surface area contributed by atoms with E-state index < -0.39 is 0 Å². The lowest BCUT2D eigenvalue weighted by molar-refractivity contribution is 0.0711. The average Bonchev–Trinajstić information content (AvgIpc) is 3.01. The van der Waals surface area contributed by atoms with Gasteiger partial charge < -0.3 is 15.0 Å². The summed E-state index contributed by atoms with van der Waals surface area (Å²) in [7, 11) is 1.96. The number of carbonyl (C=O) groups is 1. The number of aromatic nitrogens is 1. The number of ether oxygens (including phenoxy) is 1. The Hall–Kier alpha value is -1.41. The van der Waals surface area contributed by atoms with Crippen LogP contribution in [0.5, 0.6) is 5.75 Å². The Morgan fingerprint density at radius 1 is 1.30 bits per heavy atom. The summed E-state index contributed by atoms with van der Waals surface area (Å²) >= 11 is 1.37. The molecule has 1 aromatic carbocycles. The second-order valence-electron chi connectivity index (χ2n) is 6.12. The molecule has 1 fully saturated rings. The first-order valence-corrected chi connectivity index (χ1v) is 9.19. The molecule has 0 atom stereocenters. The summed E-state index contributed by atoms with van der Waals surface area (Å²) in [4.78, 5) is 19.8. The summed E-state index contributed by atoms with van der Waals surface area (Å²) in [5, 5.41) is 4.01. The summed E-state index contributed by atoms with van der Waals surface area (Å²) in [5.41, 5.74) is 0.739. The molecule has 0 bridgehead atoms. The number of thiazole rings is 1. The normalized spacial score (nSPS) is 14.3. The highest BCUT2D eigenvalue weighted by molar-refractivity contribution is 7.13.